The Bertz CT molecular complexity index is 340. The third kappa shape index (κ3) is 13.7. The van der Waals surface area contributed by atoms with Crippen molar-refractivity contribution in [1.82, 2.24) is 0 Å². The molecule has 2 nitrogen and oxygen atoms in total. The minimum atomic E-state index is -0.885. The molecule has 22 heavy (non-hydrogen) atoms. The highest BCUT2D eigenvalue weighted by molar-refractivity contribution is 5.67. The van der Waals surface area contributed by atoms with Crippen molar-refractivity contribution in [3.63, 3.8) is 0 Å². The van der Waals surface area contributed by atoms with Gasteiger partial charge in [-0.1, -0.05) is 69.6 Å². The van der Waals surface area contributed by atoms with E-state index in [0.717, 1.165) is 44.9 Å². The number of carboxylic acid groups (broad SMARTS) is 1. The van der Waals surface area contributed by atoms with E-state index in [2.05, 4.69) is 43.4 Å². The van der Waals surface area contributed by atoms with Crippen LogP contribution in [0.4, 0.5) is 0 Å². The summed E-state index contributed by atoms with van der Waals surface area (Å²) in [5.41, 5.74) is 0. The van der Waals surface area contributed by atoms with E-state index < -0.39 is 5.97 Å². The molecule has 1 unspecified atom stereocenters. The molecule has 0 aliphatic carbocycles. The first-order chi connectivity index (χ1) is 10.7. The largest absolute Gasteiger partial charge is 0.550 e. The van der Waals surface area contributed by atoms with Crippen molar-refractivity contribution in [2.45, 2.75) is 78.1 Å². The Balaban J connectivity index is 3.40. The molecule has 0 saturated carbocycles. The van der Waals surface area contributed by atoms with E-state index in [-0.39, 0.29) is 5.92 Å². The van der Waals surface area contributed by atoms with Crippen molar-refractivity contribution in [2.75, 3.05) is 0 Å². The Morgan fingerprint density at radius 3 is 2.05 bits per heavy atom. The first kappa shape index (κ1) is 20.7. The Kier molecular flexibility index (Phi) is 15.1. The first-order valence-corrected chi connectivity index (χ1v) is 8.88. The molecule has 0 aromatic heterocycles. The maximum atomic E-state index is 10.8. The zero-order valence-corrected chi connectivity index (χ0v) is 14.4. The fraction of sp³-hybridized carbons (Fsp3) is 0.650. The number of unbranched alkanes of at least 4 members (excludes halogenated alkanes) is 4. The molecule has 0 saturated heterocycles. The quantitative estimate of drug-likeness (QED) is 0.336. The second-order valence-electron chi connectivity index (χ2n) is 5.71. The molecule has 0 aromatic rings. The highest BCUT2D eigenvalue weighted by Crippen LogP contribution is 2.14. The van der Waals surface area contributed by atoms with Gasteiger partial charge in [-0.2, -0.15) is 0 Å². The Hall–Kier alpha value is -1.31. The number of rotatable bonds is 14. The number of carbonyl (C=O) groups excluding carboxylic acids is 1. The van der Waals surface area contributed by atoms with E-state index in [1.807, 2.05) is 6.92 Å². The molecule has 0 aliphatic heterocycles. The Morgan fingerprint density at radius 2 is 1.45 bits per heavy atom. The molecule has 0 rings (SSSR count). The van der Waals surface area contributed by atoms with Gasteiger partial charge in [-0.15, -0.1) is 0 Å². The van der Waals surface area contributed by atoms with E-state index in [4.69, 9.17) is 0 Å². The second kappa shape index (κ2) is 16.1. The zero-order chi connectivity index (χ0) is 16.5. The van der Waals surface area contributed by atoms with Crippen LogP contribution < -0.4 is 5.11 Å². The number of aliphatic carboxylic acids is 1. The molecular weight excluding hydrogens is 272 g/mol. The number of carboxylic acids is 1. The van der Waals surface area contributed by atoms with Crippen LogP contribution in [0.1, 0.15) is 78.1 Å². The molecule has 0 heterocycles. The highest BCUT2D eigenvalue weighted by atomic mass is 16.4. The summed E-state index contributed by atoms with van der Waals surface area (Å²) in [5, 5.41) is 10.8. The number of hydrogen-bond donors (Lipinski definition) is 0. The van der Waals surface area contributed by atoms with Crippen LogP contribution >= 0.6 is 0 Å². The Morgan fingerprint density at radius 1 is 0.864 bits per heavy atom. The molecule has 0 spiro atoms. The third-order valence-corrected chi connectivity index (χ3v) is 3.78. The van der Waals surface area contributed by atoms with Crippen LogP contribution in [0.25, 0.3) is 0 Å². The summed E-state index contributed by atoms with van der Waals surface area (Å²) in [6.45, 7) is 4.06. The summed E-state index contributed by atoms with van der Waals surface area (Å²) >= 11 is 0. The maximum Gasteiger partial charge on any atom is 0.0445 e. The van der Waals surface area contributed by atoms with Gasteiger partial charge in [0.05, 0.1) is 0 Å². The predicted molar refractivity (Wildman–Crippen MR) is 93.4 cm³/mol. The fourth-order valence-electron chi connectivity index (χ4n) is 2.32. The minimum absolute atomic E-state index is 0.251. The summed E-state index contributed by atoms with van der Waals surface area (Å²) in [4.78, 5) is 10.8. The number of allylic oxidation sites excluding steroid dienone is 6. The minimum Gasteiger partial charge on any atom is -0.550 e. The molecule has 0 amide bonds. The van der Waals surface area contributed by atoms with Gasteiger partial charge in [-0.05, 0) is 50.9 Å². The Labute approximate surface area is 137 Å². The number of hydrogen-bond acceptors (Lipinski definition) is 2. The topological polar surface area (TPSA) is 40.1 Å². The van der Waals surface area contributed by atoms with Crippen molar-refractivity contribution < 1.29 is 9.90 Å². The number of carbonyl (C=O) groups is 1. The van der Waals surface area contributed by atoms with Crippen LogP contribution in [0.3, 0.4) is 0 Å². The average molecular weight is 305 g/mol. The van der Waals surface area contributed by atoms with Crippen LogP contribution in [0.2, 0.25) is 0 Å². The highest BCUT2D eigenvalue weighted by Gasteiger charge is 2.05. The molecule has 1 atom stereocenters. The van der Waals surface area contributed by atoms with Gasteiger partial charge in [0.1, 0.15) is 0 Å². The molecule has 0 bridgehead atoms. The summed E-state index contributed by atoms with van der Waals surface area (Å²) in [6, 6.07) is 0. The van der Waals surface area contributed by atoms with E-state index in [1.54, 1.807) is 0 Å². The zero-order valence-electron chi connectivity index (χ0n) is 14.4. The standard InChI is InChI=1S/C20H34O2/c1-3-5-6-7-8-9-10-11-12-13-14-15-16-17-18-19(4-2)20(21)22/h5-6,8-9,11-12,19H,3-4,7,10,13-18H2,1-2H3,(H,21,22)/p-1/b6-5-,9-8-,12-11-. The molecule has 0 fully saturated rings. The third-order valence-electron chi connectivity index (χ3n) is 3.78. The normalized spacial score (nSPS) is 13.5. The van der Waals surface area contributed by atoms with Gasteiger partial charge in [-0.25, -0.2) is 0 Å². The van der Waals surface area contributed by atoms with Gasteiger partial charge in [0.25, 0.3) is 0 Å². The van der Waals surface area contributed by atoms with Crippen molar-refractivity contribution >= 4 is 5.97 Å². The summed E-state index contributed by atoms with van der Waals surface area (Å²) < 4.78 is 0. The lowest BCUT2D eigenvalue weighted by Gasteiger charge is -2.15. The molecule has 0 N–H and O–H groups in total. The predicted octanol–water partition coefficient (Wildman–Crippen LogP) is 4.96. The van der Waals surface area contributed by atoms with Gasteiger partial charge >= 0.3 is 0 Å². The second-order valence-corrected chi connectivity index (χ2v) is 5.71. The van der Waals surface area contributed by atoms with Gasteiger partial charge in [0.2, 0.25) is 0 Å². The van der Waals surface area contributed by atoms with E-state index >= 15 is 0 Å². The lowest BCUT2D eigenvalue weighted by Crippen LogP contribution is -2.30. The smallest absolute Gasteiger partial charge is 0.0445 e. The van der Waals surface area contributed by atoms with Gasteiger partial charge < -0.3 is 9.90 Å². The van der Waals surface area contributed by atoms with Crippen molar-refractivity contribution in [3.8, 4) is 0 Å². The summed E-state index contributed by atoms with van der Waals surface area (Å²) in [5.74, 6) is -1.14. The molecular formula is C20H33O2-. The fourth-order valence-corrected chi connectivity index (χ4v) is 2.32. The van der Waals surface area contributed by atoms with E-state index in [1.165, 1.54) is 12.8 Å². The summed E-state index contributed by atoms with van der Waals surface area (Å²) in [6.07, 6.45) is 23.5. The van der Waals surface area contributed by atoms with Crippen molar-refractivity contribution in [1.29, 1.82) is 0 Å². The molecule has 2 heteroatoms. The van der Waals surface area contributed by atoms with Crippen LogP contribution in [0, 0.1) is 5.92 Å². The van der Waals surface area contributed by atoms with E-state index in [0.29, 0.717) is 6.42 Å². The lowest BCUT2D eigenvalue weighted by molar-refractivity contribution is -0.311. The SMILES string of the molecule is CC/C=C\C/C=C\C/C=C\CCCCCCC(CC)C(=O)[O-]. The monoisotopic (exact) mass is 305 g/mol. The van der Waals surface area contributed by atoms with Crippen molar-refractivity contribution in [2.24, 2.45) is 5.92 Å². The van der Waals surface area contributed by atoms with Crippen LogP contribution in [0.15, 0.2) is 36.5 Å². The molecule has 0 aromatic carbocycles. The van der Waals surface area contributed by atoms with E-state index in [9.17, 15) is 9.90 Å². The average Bonchev–Trinajstić information content (AvgIpc) is 2.51. The van der Waals surface area contributed by atoms with Crippen LogP contribution in [0.5, 0.6) is 0 Å². The first-order valence-electron chi connectivity index (χ1n) is 8.88. The van der Waals surface area contributed by atoms with Crippen LogP contribution in [-0.4, -0.2) is 5.97 Å². The van der Waals surface area contributed by atoms with Gasteiger partial charge in [0, 0.05) is 5.97 Å². The molecule has 0 radical (unpaired) electrons. The van der Waals surface area contributed by atoms with Crippen LogP contribution in [-0.2, 0) is 4.79 Å². The lowest BCUT2D eigenvalue weighted by atomic mass is 9.98. The van der Waals surface area contributed by atoms with Gasteiger partial charge in [0.15, 0.2) is 0 Å². The van der Waals surface area contributed by atoms with Gasteiger partial charge in [-0.3, -0.25) is 0 Å². The maximum absolute atomic E-state index is 10.8. The molecule has 126 valence electrons. The molecule has 0 aliphatic rings. The summed E-state index contributed by atoms with van der Waals surface area (Å²) in [7, 11) is 0. The van der Waals surface area contributed by atoms with Crippen molar-refractivity contribution in [3.05, 3.63) is 36.5 Å².